The smallest absolute Gasteiger partial charge is 0.119 e. The highest BCUT2D eigenvalue weighted by molar-refractivity contribution is 7.09. The van der Waals surface area contributed by atoms with E-state index in [-0.39, 0.29) is 5.41 Å². The summed E-state index contributed by atoms with van der Waals surface area (Å²) in [6.07, 6.45) is 0. The number of aromatic nitrogens is 1. The standard InChI is InChI=1S/C15H20N2OS/c1-15(2,3)13-10-19-14(17-13)9-16-11-5-7-12(18-4)8-6-11/h5-8,10,16H,9H2,1-4H3. The zero-order valence-corrected chi connectivity index (χ0v) is 12.7. The van der Waals surface area contributed by atoms with E-state index in [0.717, 1.165) is 28.7 Å². The minimum atomic E-state index is 0.120. The summed E-state index contributed by atoms with van der Waals surface area (Å²) in [4.78, 5) is 4.66. The fourth-order valence-electron chi connectivity index (χ4n) is 1.62. The summed E-state index contributed by atoms with van der Waals surface area (Å²) in [5.74, 6) is 0.870. The maximum atomic E-state index is 5.13. The van der Waals surface area contributed by atoms with E-state index in [0.29, 0.717) is 0 Å². The van der Waals surface area contributed by atoms with Gasteiger partial charge in [0.25, 0.3) is 0 Å². The van der Waals surface area contributed by atoms with E-state index in [2.05, 4.69) is 36.5 Å². The number of hydrogen-bond donors (Lipinski definition) is 1. The second-order valence-corrected chi connectivity index (χ2v) is 6.40. The first-order valence-electron chi connectivity index (χ1n) is 6.32. The van der Waals surface area contributed by atoms with E-state index in [1.54, 1.807) is 18.4 Å². The van der Waals surface area contributed by atoms with Crippen LogP contribution >= 0.6 is 11.3 Å². The minimum absolute atomic E-state index is 0.120. The van der Waals surface area contributed by atoms with E-state index in [1.807, 2.05) is 24.3 Å². The molecule has 2 aromatic rings. The lowest BCUT2D eigenvalue weighted by Gasteiger charge is -2.14. The van der Waals surface area contributed by atoms with Gasteiger partial charge in [0.15, 0.2) is 0 Å². The molecular weight excluding hydrogens is 256 g/mol. The average molecular weight is 276 g/mol. The molecule has 0 bridgehead atoms. The third-order valence-electron chi connectivity index (χ3n) is 2.85. The Labute approximate surface area is 118 Å². The monoisotopic (exact) mass is 276 g/mol. The Bertz CT molecular complexity index is 526. The minimum Gasteiger partial charge on any atom is -0.497 e. The molecule has 0 radical (unpaired) electrons. The lowest BCUT2D eigenvalue weighted by Crippen LogP contribution is -2.11. The van der Waals surface area contributed by atoms with Crippen molar-refractivity contribution >= 4 is 17.0 Å². The Balaban J connectivity index is 1.96. The molecule has 0 aliphatic heterocycles. The Morgan fingerprint density at radius 3 is 2.42 bits per heavy atom. The van der Waals surface area contributed by atoms with Crippen molar-refractivity contribution in [3.05, 3.63) is 40.3 Å². The maximum absolute atomic E-state index is 5.13. The zero-order valence-electron chi connectivity index (χ0n) is 11.9. The van der Waals surface area contributed by atoms with E-state index in [1.165, 1.54) is 0 Å². The lowest BCUT2D eigenvalue weighted by atomic mass is 9.93. The Hall–Kier alpha value is -1.55. The van der Waals surface area contributed by atoms with Crippen molar-refractivity contribution in [2.45, 2.75) is 32.7 Å². The number of methoxy groups -OCH3 is 1. The molecule has 0 spiro atoms. The Kier molecular flexibility index (Phi) is 4.10. The van der Waals surface area contributed by atoms with Crippen LogP contribution in [0.5, 0.6) is 5.75 Å². The van der Waals surface area contributed by atoms with E-state index >= 15 is 0 Å². The highest BCUT2D eigenvalue weighted by Gasteiger charge is 2.17. The molecule has 1 N–H and O–H groups in total. The first-order chi connectivity index (χ1) is 8.99. The molecule has 0 aliphatic carbocycles. The second kappa shape index (κ2) is 5.61. The molecule has 0 saturated heterocycles. The van der Waals surface area contributed by atoms with Gasteiger partial charge in [0, 0.05) is 16.5 Å². The van der Waals surface area contributed by atoms with Crippen LogP contribution in [0.2, 0.25) is 0 Å². The molecule has 1 heterocycles. The van der Waals surface area contributed by atoms with Crippen molar-refractivity contribution in [1.29, 1.82) is 0 Å². The van der Waals surface area contributed by atoms with Gasteiger partial charge in [-0.2, -0.15) is 0 Å². The van der Waals surface area contributed by atoms with Crippen LogP contribution < -0.4 is 10.1 Å². The maximum Gasteiger partial charge on any atom is 0.119 e. The van der Waals surface area contributed by atoms with Crippen molar-refractivity contribution < 1.29 is 4.74 Å². The first kappa shape index (κ1) is 13.9. The second-order valence-electron chi connectivity index (χ2n) is 5.46. The fourth-order valence-corrected chi connectivity index (χ4v) is 2.58. The van der Waals surface area contributed by atoms with Crippen molar-refractivity contribution in [2.24, 2.45) is 0 Å². The summed E-state index contributed by atoms with van der Waals surface area (Å²) < 4.78 is 5.13. The number of benzene rings is 1. The molecular formula is C15H20N2OS. The number of nitrogens with one attached hydrogen (secondary N) is 1. The van der Waals surface area contributed by atoms with Gasteiger partial charge in [0.1, 0.15) is 10.8 Å². The topological polar surface area (TPSA) is 34.1 Å². The van der Waals surface area contributed by atoms with Crippen LogP contribution in [0.25, 0.3) is 0 Å². The van der Waals surface area contributed by atoms with Crippen LogP contribution in [0.15, 0.2) is 29.6 Å². The van der Waals surface area contributed by atoms with Crippen molar-refractivity contribution in [2.75, 3.05) is 12.4 Å². The predicted octanol–water partition coefficient (Wildman–Crippen LogP) is 4.06. The number of anilines is 1. The summed E-state index contributed by atoms with van der Waals surface area (Å²) in [6.45, 7) is 7.31. The van der Waals surface area contributed by atoms with Crippen LogP contribution in [-0.2, 0) is 12.0 Å². The summed E-state index contributed by atoms with van der Waals surface area (Å²) in [5.41, 5.74) is 2.35. The SMILES string of the molecule is COc1ccc(NCc2nc(C(C)(C)C)cs2)cc1. The van der Waals surface area contributed by atoms with Gasteiger partial charge in [-0.25, -0.2) is 4.98 Å². The number of rotatable bonds is 4. The van der Waals surface area contributed by atoms with Crippen molar-refractivity contribution in [1.82, 2.24) is 4.98 Å². The fraction of sp³-hybridized carbons (Fsp3) is 0.400. The average Bonchev–Trinajstić information content (AvgIpc) is 2.86. The highest BCUT2D eigenvalue weighted by Crippen LogP contribution is 2.24. The summed E-state index contributed by atoms with van der Waals surface area (Å²) >= 11 is 1.71. The van der Waals surface area contributed by atoms with E-state index in [4.69, 9.17) is 4.74 Å². The zero-order chi connectivity index (χ0) is 13.9. The van der Waals surface area contributed by atoms with E-state index < -0.39 is 0 Å². The van der Waals surface area contributed by atoms with Crippen LogP contribution in [0, 0.1) is 0 Å². The van der Waals surface area contributed by atoms with Gasteiger partial charge in [0.05, 0.1) is 19.3 Å². The molecule has 0 aliphatic rings. The predicted molar refractivity (Wildman–Crippen MR) is 81.1 cm³/mol. The molecule has 102 valence electrons. The van der Waals surface area contributed by atoms with Crippen molar-refractivity contribution in [3.8, 4) is 5.75 Å². The van der Waals surface area contributed by atoms with E-state index in [9.17, 15) is 0 Å². The van der Waals surface area contributed by atoms with Gasteiger partial charge in [-0.05, 0) is 24.3 Å². The van der Waals surface area contributed by atoms with Crippen LogP contribution in [0.3, 0.4) is 0 Å². The molecule has 0 amide bonds. The number of hydrogen-bond acceptors (Lipinski definition) is 4. The molecule has 3 nitrogen and oxygen atoms in total. The van der Waals surface area contributed by atoms with Gasteiger partial charge < -0.3 is 10.1 Å². The van der Waals surface area contributed by atoms with Gasteiger partial charge in [-0.1, -0.05) is 20.8 Å². The normalized spacial score (nSPS) is 11.4. The third kappa shape index (κ3) is 3.70. The molecule has 0 atom stereocenters. The summed E-state index contributed by atoms with van der Waals surface area (Å²) in [6, 6.07) is 7.92. The first-order valence-corrected chi connectivity index (χ1v) is 7.20. The summed E-state index contributed by atoms with van der Waals surface area (Å²) in [7, 11) is 1.67. The van der Waals surface area contributed by atoms with Crippen LogP contribution in [0.4, 0.5) is 5.69 Å². The molecule has 4 heteroatoms. The summed E-state index contributed by atoms with van der Waals surface area (Å²) in [5, 5.41) is 6.63. The Morgan fingerprint density at radius 1 is 1.21 bits per heavy atom. The number of nitrogens with zero attached hydrogens (tertiary/aromatic N) is 1. The molecule has 0 saturated carbocycles. The van der Waals surface area contributed by atoms with Crippen LogP contribution in [0.1, 0.15) is 31.5 Å². The molecule has 1 aromatic carbocycles. The molecule has 0 fully saturated rings. The molecule has 19 heavy (non-hydrogen) atoms. The van der Waals surface area contributed by atoms with Gasteiger partial charge >= 0.3 is 0 Å². The molecule has 2 rings (SSSR count). The van der Waals surface area contributed by atoms with Crippen molar-refractivity contribution in [3.63, 3.8) is 0 Å². The Morgan fingerprint density at radius 2 is 1.89 bits per heavy atom. The number of ether oxygens (including phenoxy) is 1. The van der Waals surface area contributed by atoms with Gasteiger partial charge in [0.2, 0.25) is 0 Å². The molecule has 0 unspecified atom stereocenters. The lowest BCUT2D eigenvalue weighted by molar-refractivity contribution is 0.415. The third-order valence-corrected chi connectivity index (χ3v) is 3.70. The highest BCUT2D eigenvalue weighted by atomic mass is 32.1. The molecule has 1 aromatic heterocycles. The quantitative estimate of drug-likeness (QED) is 0.914. The van der Waals surface area contributed by atoms with Gasteiger partial charge in [-0.3, -0.25) is 0 Å². The largest absolute Gasteiger partial charge is 0.497 e. The number of thiazole rings is 1. The van der Waals surface area contributed by atoms with Crippen LogP contribution in [-0.4, -0.2) is 12.1 Å². The van der Waals surface area contributed by atoms with Gasteiger partial charge in [-0.15, -0.1) is 11.3 Å².